The number of hydrogen-bond donors (Lipinski definition) is 0. The van der Waals surface area contributed by atoms with Gasteiger partial charge in [0, 0.05) is 6.42 Å². The van der Waals surface area contributed by atoms with Gasteiger partial charge in [-0.05, 0) is 24.1 Å². The second-order valence-corrected chi connectivity index (χ2v) is 3.57. The molecular formula is C12H12N2O. The first-order valence-corrected chi connectivity index (χ1v) is 5.06. The molecule has 3 nitrogen and oxygen atoms in total. The standard InChI is InChI=1S/C12H12N2O/c1-2-11-7-12(14-15-11)10-5-3-9(8-13)4-6-10/h3-6,11H,2,7H2,1H3. The number of hydrogen-bond acceptors (Lipinski definition) is 3. The SMILES string of the molecule is CCC1CC(c2ccc(C#N)cc2)=NO1. The summed E-state index contributed by atoms with van der Waals surface area (Å²) >= 11 is 0. The predicted octanol–water partition coefficient (Wildman–Crippen LogP) is 2.46. The zero-order chi connectivity index (χ0) is 10.7. The van der Waals surface area contributed by atoms with Crippen LogP contribution in [0, 0.1) is 11.3 Å². The Morgan fingerprint density at radius 2 is 2.20 bits per heavy atom. The van der Waals surface area contributed by atoms with Gasteiger partial charge < -0.3 is 4.84 Å². The Kier molecular flexibility index (Phi) is 2.68. The van der Waals surface area contributed by atoms with Gasteiger partial charge in [-0.1, -0.05) is 24.2 Å². The molecule has 1 aromatic rings. The second kappa shape index (κ2) is 4.14. The van der Waals surface area contributed by atoms with Crippen LogP contribution < -0.4 is 0 Å². The largest absolute Gasteiger partial charge is 0.392 e. The molecule has 1 unspecified atom stereocenters. The highest BCUT2D eigenvalue weighted by Crippen LogP contribution is 2.18. The average molecular weight is 200 g/mol. The number of rotatable bonds is 2. The van der Waals surface area contributed by atoms with E-state index in [0.29, 0.717) is 5.56 Å². The average Bonchev–Trinajstić information content (AvgIpc) is 2.78. The van der Waals surface area contributed by atoms with Crippen LogP contribution in [0.3, 0.4) is 0 Å². The fourth-order valence-electron chi connectivity index (χ4n) is 1.55. The molecule has 1 aliphatic rings. The minimum Gasteiger partial charge on any atom is -0.392 e. The number of benzene rings is 1. The molecule has 1 heterocycles. The molecule has 0 radical (unpaired) electrons. The third-order valence-corrected chi connectivity index (χ3v) is 2.54. The maximum atomic E-state index is 8.67. The van der Waals surface area contributed by atoms with Crippen LogP contribution >= 0.6 is 0 Å². The summed E-state index contributed by atoms with van der Waals surface area (Å²) in [6.45, 7) is 2.09. The lowest BCUT2D eigenvalue weighted by Crippen LogP contribution is -2.06. The van der Waals surface area contributed by atoms with Gasteiger partial charge in [0.05, 0.1) is 17.3 Å². The Hall–Kier alpha value is -1.82. The summed E-state index contributed by atoms with van der Waals surface area (Å²) in [4.78, 5) is 5.25. The molecule has 0 saturated heterocycles. The van der Waals surface area contributed by atoms with Crippen molar-refractivity contribution in [2.45, 2.75) is 25.9 Å². The van der Waals surface area contributed by atoms with E-state index in [1.165, 1.54) is 0 Å². The van der Waals surface area contributed by atoms with Crippen molar-refractivity contribution >= 4 is 5.71 Å². The van der Waals surface area contributed by atoms with E-state index in [0.717, 1.165) is 24.1 Å². The smallest absolute Gasteiger partial charge is 0.133 e. The molecule has 1 aliphatic heterocycles. The van der Waals surface area contributed by atoms with Crippen LogP contribution in [0.4, 0.5) is 0 Å². The quantitative estimate of drug-likeness (QED) is 0.736. The summed E-state index contributed by atoms with van der Waals surface area (Å²) in [5.74, 6) is 0. The monoisotopic (exact) mass is 200 g/mol. The lowest BCUT2D eigenvalue weighted by Gasteiger charge is -2.02. The van der Waals surface area contributed by atoms with E-state index in [1.54, 1.807) is 12.1 Å². The summed E-state index contributed by atoms with van der Waals surface area (Å²) < 4.78 is 0. The van der Waals surface area contributed by atoms with Crippen LogP contribution in [0.2, 0.25) is 0 Å². The van der Waals surface area contributed by atoms with Crippen molar-refractivity contribution in [2.75, 3.05) is 0 Å². The van der Waals surface area contributed by atoms with Crippen molar-refractivity contribution in [2.24, 2.45) is 5.16 Å². The molecule has 0 amide bonds. The summed E-state index contributed by atoms with van der Waals surface area (Å²) in [7, 11) is 0. The predicted molar refractivity (Wildman–Crippen MR) is 57.5 cm³/mol. The third kappa shape index (κ3) is 1.99. The second-order valence-electron chi connectivity index (χ2n) is 3.57. The van der Waals surface area contributed by atoms with Crippen LogP contribution in [0.1, 0.15) is 30.9 Å². The number of oxime groups is 1. The molecule has 1 aromatic carbocycles. The lowest BCUT2D eigenvalue weighted by molar-refractivity contribution is 0.0829. The molecule has 76 valence electrons. The molecule has 15 heavy (non-hydrogen) atoms. The third-order valence-electron chi connectivity index (χ3n) is 2.54. The van der Waals surface area contributed by atoms with Gasteiger partial charge in [-0.2, -0.15) is 5.26 Å². The first-order valence-electron chi connectivity index (χ1n) is 5.06. The number of nitrogens with zero attached hydrogens (tertiary/aromatic N) is 2. The van der Waals surface area contributed by atoms with Crippen LogP contribution in [-0.4, -0.2) is 11.8 Å². The summed E-state index contributed by atoms with van der Waals surface area (Å²) in [5, 5.41) is 12.7. The van der Waals surface area contributed by atoms with Gasteiger partial charge in [-0.3, -0.25) is 0 Å². The van der Waals surface area contributed by atoms with Gasteiger partial charge in [-0.25, -0.2) is 0 Å². The topological polar surface area (TPSA) is 45.4 Å². The van der Waals surface area contributed by atoms with Crippen molar-refractivity contribution in [3.8, 4) is 6.07 Å². The van der Waals surface area contributed by atoms with E-state index >= 15 is 0 Å². The zero-order valence-electron chi connectivity index (χ0n) is 8.60. The van der Waals surface area contributed by atoms with E-state index in [2.05, 4.69) is 18.1 Å². The van der Waals surface area contributed by atoms with Gasteiger partial charge in [0.2, 0.25) is 0 Å². The Balaban J connectivity index is 2.15. The van der Waals surface area contributed by atoms with Crippen molar-refractivity contribution in [3.63, 3.8) is 0 Å². The molecule has 0 aromatic heterocycles. The first-order chi connectivity index (χ1) is 7.33. The van der Waals surface area contributed by atoms with Gasteiger partial charge >= 0.3 is 0 Å². The van der Waals surface area contributed by atoms with Gasteiger partial charge in [0.1, 0.15) is 6.10 Å². The Labute approximate surface area is 89.0 Å². The Bertz CT molecular complexity index is 414. The van der Waals surface area contributed by atoms with Crippen molar-refractivity contribution in [1.82, 2.24) is 0 Å². The van der Waals surface area contributed by atoms with Crippen molar-refractivity contribution in [3.05, 3.63) is 35.4 Å². The van der Waals surface area contributed by atoms with Crippen molar-refractivity contribution in [1.29, 1.82) is 5.26 Å². The molecule has 0 saturated carbocycles. The fourth-order valence-corrected chi connectivity index (χ4v) is 1.55. The molecule has 2 rings (SSSR count). The maximum absolute atomic E-state index is 8.67. The molecule has 0 aliphatic carbocycles. The highest BCUT2D eigenvalue weighted by molar-refractivity contribution is 6.01. The van der Waals surface area contributed by atoms with E-state index in [4.69, 9.17) is 10.1 Å². The van der Waals surface area contributed by atoms with Crippen molar-refractivity contribution < 1.29 is 4.84 Å². The highest BCUT2D eigenvalue weighted by atomic mass is 16.6. The summed E-state index contributed by atoms with van der Waals surface area (Å²) in [6.07, 6.45) is 2.06. The minimum atomic E-state index is 0.218. The Morgan fingerprint density at radius 1 is 1.47 bits per heavy atom. The summed E-state index contributed by atoms with van der Waals surface area (Å²) in [6, 6.07) is 9.53. The number of nitriles is 1. The highest BCUT2D eigenvalue weighted by Gasteiger charge is 2.19. The van der Waals surface area contributed by atoms with Gasteiger partial charge in [-0.15, -0.1) is 0 Å². The fraction of sp³-hybridized carbons (Fsp3) is 0.333. The first kappa shape index (κ1) is 9.72. The van der Waals surface area contributed by atoms with Gasteiger partial charge in [0.25, 0.3) is 0 Å². The molecule has 0 fully saturated rings. The van der Waals surface area contributed by atoms with E-state index in [-0.39, 0.29) is 6.10 Å². The lowest BCUT2D eigenvalue weighted by atomic mass is 10.0. The molecular weight excluding hydrogens is 188 g/mol. The van der Waals surface area contributed by atoms with Crippen LogP contribution in [0.5, 0.6) is 0 Å². The van der Waals surface area contributed by atoms with E-state index < -0.39 is 0 Å². The normalized spacial score (nSPS) is 19.2. The van der Waals surface area contributed by atoms with E-state index in [9.17, 15) is 0 Å². The molecule has 0 spiro atoms. The van der Waals surface area contributed by atoms with Crippen LogP contribution in [0.15, 0.2) is 29.4 Å². The van der Waals surface area contributed by atoms with Gasteiger partial charge in [0.15, 0.2) is 0 Å². The van der Waals surface area contributed by atoms with E-state index in [1.807, 2.05) is 12.1 Å². The van der Waals surface area contributed by atoms with Crippen LogP contribution in [-0.2, 0) is 4.84 Å². The van der Waals surface area contributed by atoms with Crippen LogP contribution in [0.25, 0.3) is 0 Å². The molecule has 0 bridgehead atoms. The summed E-state index contributed by atoms with van der Waals surface area (Å²) in [5.41, 5.74) is 2.70. The maximum Gasteiger partial charge on any atom is 0.133 e. The molecule has 0 N–H and O–H groups in total. The minimum absolute atomic E-state index is 0.218. The Morgan fingerprint density at radius 3 is 2.73 bits per heavy atom. The molecule has 3 heteroatoms. The zero-order valence-corrected chi connectivity index (χ0v) is 8.60. The molecule has 1 atom stereocenters.